The molecule has 0 amide bonds. The first-order valence-corrected chi connectivity index (χ1v) is 7.42. The zero-order valence-corrected chi connectivity index (χ0v) is 13.7. The molecule has 2 aromatic heterocycles. The minimum absolute atomic E-state index is 0.644. The normalized spacial score (nSPS) is 11.0. The Bertz CT molecular complexity index is 800. The number of nitrogens with zero attached hydrogens (tertiary/aromatic N) is 2. The number of hydrogen-bond donors (Lipinski definition) is 1. The summed E-state index contributed by atoms with van der Waals surface area (Å²) in [6, 6.07) is 10.1. The molecule has 1 aromatic carbocycles. The van der Waals surface area contributed by atoms with Gasteiger partial charge in [-0.15, -0.1) is 0 Å². The van der Waals surface area contributed by atoms with Gasteiger partial charge in [-0.05, 0) is 37.6 Å². The van der Waals surface area contributed by atoms with Gasteiger partial charge in [0.2, 0.25) is 0 Å². The summed E-state index contributed by atoms with van der Waals surface area (Å²) in [4.78, 5) is 0. The number of anilines is 1. The van der Waals surface area contributed by atoms with Crippen molar-refractivity contribution >= 4 is 21.7 Å². The van der Waals surface area contributed by atoms with Crippen molar-refractivity contribution in [3.8, 4) is 22.4 Å². The monoisotopic (exact) mass is 345 g/mol. The summed E-state index contributed by atoms with van der Waals surface area (Å²) < 4.78 is 8.37. The molecule has 0 radical (unpaired) electrons. The van der Waals surface area contributed by atoms with Crippen LogP contribution >= 0.6 is 15.9 Å². The smallest absolute Gasteiger partial charge is 0.129 e. The number of benzene rings is 1. The fraction of sp³-hybridized carbons (Fsp3) is 0.188. The number of nitrogens with two attached hydrogens (primary N) is 1. The highest BCUT2D eigenvalue weighted by atomic mass is 79.9. The van der Waals surface area contributed by atoms with Crippen LogP contribution < -0.4 is 5.73 Å². The summed E-state index contributed by atoms with van der Waals surface area (Å²) >= 11 is 3.45. The molecule has 0 aliphatic rings. The van der Waals surface area contributed by atoms with E-state index in [9.17, 15) is 0 Å². The highest BCUT2D eigenvalue weighted by Crippen LogP contribution is 2.38. The molecule has 2 N–H and O–H groups in total. The lowest BCUT2D eigenvalue weighted by atomic mass is 10.0. The van der Waals surface area contributed by atoms with Crippen LogP contribution in [0.25, 0.3) is 22.4 Å². The molecular weight excluding hydrogens is 330 g/mol. The summed E-state index contributed by atoms with van der Waals surface area (Å²) in [6.45, 7) is 3.88. The molecule has 0 spiro atoms. The van der Waals surface area contributed by atoms with Gasteiger partial charge in [0.05, 0.1) is 5.56 Å². The molecule has 0 unspecified atom stereocenters. The molecule has 0 aliphatic heterocycles. The van der Waals surface area contributed by atoms with Gasteiger partial charge in [-0.25, -0.2) is 0 Å². The first kappa shape index (κ1) is 13.9. The number of aryl methyl sites for hydroxylation is 3. The van der Waals surface area contributed by atoms with Crippen LogP contribution in [0.2, 0.25) is 0 Å². The van der Waals surface area contributed by atoms with E-state index in [1.807, 2.05) is 51.2 Å². The van der Waals surface area contributed by atoms with Crippen molar-refractivity contribution in [2.75, 3.05) is 5.73 Å². The molecule has 2 heterocycles. The van der Waals surface area contributed by atoms with Crippen molar-refractivity contribution in [3.05, 3.63) is 46.3 Å². The first-order chi connectivity index (χ1) is 9.97. The lowest BCUT2D eigenvalue weighted by molar-refractivity contribution is 0.505. The Hall–Kier alpha value is -2.01. The van der Waals surface area contributed by atoms with Crippen molar-refractivity contribution < 1.29 is 4.42 Å². The van der Waals surface area contributed by atoms with E-state index < -0.39 is 0 Å². The van der Waals surface area contributed by atoms with Gasteiger partial charge in [0.1, 0.15) is 23.0 Å². The minimum Gasteiger partial charge on any atom is -0.466 e. The van der Waals surface area contributed by atoms with Gasteiger partial charge >= 0.3 is 0 Å². The Morgan fingerprint density at radius 1 is 1.19 bits per heavy atom. The van der Waals surface area contributed by atoms with Gasteiger partial charge in [0.25, 0.3) is 0 Å². The van der Waals surface area contributed by atoms with Crippen LogP contribution in [0.3, 0.4) is 0 Å². The number of halogens is 1. The van der Waals surface area contributed by atoms with Gasteiger partial charge < -0.3 is 10.2 Å². The Morgan fingerprint density at radius 2 is 1.86 bits per heavy atom. The Kier molecular flexibility index (Phi) is 3.37. The maximum absolute atomic E-state index is 6.23. The van der Waals surface area contributed by atoms with E-state index in [4.69, 9.17) is 10.2 Å². The lowest BCUT2D eigenvalue weighted by Gasteiger charge is -2.04. The average Bonchev–Trinajstić information content (AvgIpc) is 2.92. The van der Waals surface area contributed by atoms with Crippen LogP contribution in [0.1, 0.15) is 11.5 Å². The van der Waals surface area contributed by atoms with Crippen molar-refractivity contribution in [2.24, 2.45) is 7.05 Å². The predicted octanol–water partition coefficient (Wildman–Crippen LogP) is 4.31. The summed E-state index contributed by atoms with van der Waals surface area (Å²) in [6.07, 6.45) is 0. The maximum Gasteiger partial charge on any atom is 0.129 e. The van der Waals surface area contributed by atoms with Crippen molar-refractivity contribution in [1.29, 1.82) is 0 Å². The van der Waals surface area contributed by atoms with Crippen LogP contribution in [0.15, 0.2) is 39.2 Å². The molecule has 0 fully saturated rings. The summed E-state index contributed by atoms with van der Waals surface area (Å²) in [5, 5.41) is 4.57. The molecule has 0 saturated heterocycles. The third kappa shape index (κ3) is 2.38. The van der Waals surface area contributed by atoms with Gasteiger partial charge in [-0.1, -0.05) is 28.1 Å². The van der Waals surface area contributed by atoms with Crippen LogP contribution in [-0.4, -0.2) is 9.78 Å². The van der Waals surface area contributed by atoms with E-state index in [0.29, 0.717) is 5.82 Å². The van der Waals surface area contributed by atoms with E-state index >= 15 is 0 Å². The molecule has 21 heavy (non-hydrogen) atoms. The fourth-order valence-corrected chi connectivity index (χ4v) is 2.76. The Balaban J connectivity index is 2.25. The highest BCUT2D eigenvalue weighted by molar-refractivity contribution is 9.10. The second-order valence-corrected chi connectivity index (χ2v) is 5.98. The van der Waals surface area contributed by atoms with E-state index in [1.54, 1.807) is 4.68 Å². The average molecular weight is 346 g/mol. The molecule has 0 aliphatic carbocycles. The number of hydrogen-bond acceptors (Lipinski definition) is 3. The van der Waals surface area contributed by atoms with Crippen LogP contribution in [0.5, 0.6) is 0 Å². The van der Waals surface area contributed by atoms with Crippen molar-refractivity contribution in [3.63, 3.8) is 0 Å². The lowest BCUT2D eigenvalue weighted by Crippen LogP contribution is -1.97. The van der Waals surface area contributed by atoms with E-state index in [0.717, 1.165) is 38.4 Å². The SMILES string of the molecule is Cc1cc(-c2nn(C)c(N)c2-c2ccc(Br)cc2)c(C)o1. The fourth-order valence-electron chi connectivity index (χ4n) is 2.49. The standard InChI is InChI=1S/C16H16BrN3O/c1-9-8-13(10(2)21-9)15-14(16(18)20(3)19-15)11-4-6-12(17)7-5-11/h4-8H,18H2,1-3H3. The molecule has 108 valence electrons. The van der Waals surface area contributed by atoms with E-state index in [2.05, 4.69) is 21.0 Å². The summed E-state index contributed by atoms with van der Waals surface area (Å²) in [7, 11) is 1.85. The molecular formula is C16H16BrN3O. The largest absolute Gasteiger partial charge is 0.466 e. The molecule has 5 heteroatoms. The quantitative estimate of drug-likeness (QED) is 0.752. The van der Waals surface area contributed by atoms with E-state index in [-0.39, 0.29) is 0 Å². The van der Waals surface area contributed by atoms with Crippen LogP contribution in [0.4, 0.5) is 5.82 Å². The number of furan rings is 1. The highest BCUT2D eigenvalue weighted by Gasteiger charge is 2.20. The topological polar surface area (TPSA) is 57.0 Å². The molecule has 4 nitrogen and oxygen atoms in total. The summed E-state index contributed by atoms with van der Waals surface area (Å²) in [5.74, 6) is 2.36. The van der Waals surface area contributed by atoms with Gasteiger partial charge in [0.15, 0.2) is 0 Å². The zero-order chi connectivity index (χ0) is 15.1. The minimum atomic E-state index is 0.644. The van der Waals surface area contributed by atoms with Gasteiger partial charge in [-0.3, -0.25) is 4.68 Å². The zero-order valence-electron chi connectivity index (χ0n) is 12.1. The molecule has 3 aromatic rings. The van der Waals surface area contributed by atoms with Gasteiger partial charge in [0, 0.05) is 17.1 Å². The molecule has 0 saturated carbocycles. The third-order valence-electron chi connectivity index (χ3n) is 3.52. The number of aromatic nitrogens is 2. The summed E-state index contributed by atoms with van der Waals surface area (Å²) in [5.41, 5.74) is 10.0. The Morgan fingerprint density at radius 3 is 2.43 bits per heavy atom. The second kappa shape index (κ2) is 5.07. The first-order valence-electron chi connectivity index (χ1n) is 6.63. The molecule has 3 rings (SSSR count). The third-order valence-corrected chi connectivity index (χ3v) is 4.05. The van der Waals surface area contributed by atoms with Crippen molar-refractivity contribution in [2.45, 2.75) is 13.8 Å². The number of nitrogen functional groups attached to an aromatic ring is 1. The van der Waals surface area contributed by atoms with Crippen LogP contribution in [-0.2, 0) is 7.05 Å². The molecule has 0 bridgehead atoms. The van der Waals surface area contributed by atoms with E-state index in [1.165, 1.54) is 0 Å². The number of rotatable bonds is 2. The second-order valence-electron chi connectivity index (χ2n) is 5.07. The van der Waals surface area contributed by atoms with Crippen molar-refractivity contribution in [1.82, 2.24) is 9.78 Å². The Labute approximate surface area is 131 Å². The molecule has 0 atom stereocenters. The van der Waals surface area contributed by atoms with Gasteiger partial charge in [-0.2, -0.15) is 5.10 Å². The predicted molar refractivity (Wildman–Crippen MR) is 87.9 cm³/mol. The maximum atomic E-state index is 6.23. The van der Waals surface area contributed by atoms with Crippen LogP contribution in [0, 0.1) is 13.8 Å².